The van der Waals surface area contributed by atoms with Crippen LogP contribution in [0.3, 0.4) is 0 Å². The van der Waals surface area contributed by atoms with Crippen molar-refractivity contribution in [3.63, 3.8) is 0 Å². The number of amides is 1. The van der Waals surface area contributed by atoms with Crippen molar-refractivity contribution in [3.05, 3.63) is 66.4 Å². The first-order valence-electron chi connectivity index (χ1n) is 7.56. The first kappa shape index (κ1) is 14.3. The van der Waals surface area contributed by atoms with E-state index in [0.717, 1.165) is 18.1 Å². The van der Waals surface area contributed by atoms with E-state index in [0.29, 0.717) is 11.3 Å². The van der Waals surface area contributed by atoms with Gasteiger partial charge in [0.05, 0.1) is 6.04 Å². The molecule has 6 heteroatoms. The van der Waals surface area contributed by atoms with Crippen LogP contribution in [0, 0.1) is 0 Å². The fraction of sp³-hybridized carbons (Fsp3) is 0.235. The number of hydrogen-bond donors (Lipinski definition) is 0. The maximum absolute atomic E-state index is 13.1. The van der Waals surface area contributed by atoms with Crippen LogP contribution in [-0.4, -0.2) is 43.2 Å². The highest BCUT2D eigenvalue weighted by molar-refractivity contribution is 7.99. The van der Waals surface area contributed by atoms with Gasteiger partial charge in [0.2, 0.25) is 0 Å². The van der Waals surface area contributed by atoms with Crippen molar-refractivity contribution in [3.8, 4) is 0 Å². The minimum Gasteiger partial charge on any atom is -0.328 e. The molecule has 0 saturated carbocycles. The van der Waals surface area contributed by atoms with Crippen LogP contribution in [0.2, 0.25) is 0 Å². The topological polar surface area (TPSA) is 50.5 Å². The molecule has 23 heavy (non-hydrogen) atoms. The van der Waals surface area contributed by atoms with Gasteiger partial charge < -0.3 is 9.30 Å². The molecule has 0 bridgehead atoms. The number of nitrogens with zero attached hydrogens (tertiary/aromatic N) is 4. The van der Waals surface area contributed by atoms with Crippen LogP contribution in [0.25, 0.3) is 5.65 Å². The van der Waals surface area contributed by atoms with Gasteiger partial charge in [-0.2, -0.15) is 11.8 Å². The van der Waals surface area contributed by atoms with Gasteiger partial charge in [-0.25, -0.2) is 9.97 Å². The predicted octanol–water partition coefficient (Wildman–Crippen LogP) is 2.66. The van der Waals surface area contributed by atoms with E-state index in [1.165, 1.54) is 5.56 Å². The lowest BCUT2D eigenvalue weighted by molar-refractivity contribution is 0.0697. The van der Waals surface area contributed by atoms with Crippen molar-refractivity contribution >= 4 is 23.3 Å². The summed E-state index contributed by atoms with van der Waals surface area (Å²) in [7, 11) is 0. The van der Waals surface area contributed by atoms with Gasteiger partial charge in [0.25, 0.3) is 5.91 Å². The van der Waals surface area contributed by atoms with Crippen molar-refractivity contribution < 1.29 is 4.79 Å². The van der Waals surface area contributed by atoms with E-state index < -0.39 is 0 Å². The van der Waals surface area contributed by atoms with Crippen LogP contribution in [0.4, 0.5) is 0 Å². The molecule has 1 aromatic carbocycles. The molecule has 1 unspecified atom stereocenters. The molecule has 5 nitrogen and oxygen atoms in total. The molecule has 1 aliphatic heterocycles. The maximum Gasteiger partial charge on any atom is 0.276 e. The summed E-state index contributed by atoms with van der Waals surface area (Å²) in [5.74, 6) is 1.82. The van der Waals surface area contributed by atoms with Crippen LogP contribution in [-0.2, 0) is 0 Å². The van der Waals surface area contributed by atoms with E-state index in [1.807, 2.05) is 45.5 Å². The Morgan fingerprint density at radius 1 is 1.13 bits per heavy atom. The maximum atomic E-state index is 13.1. The summed E-state index contributed by atoms with van der Waals surface area (Å²) in [5.41, 5.74) is 2.20. The Morgan fingerprint density at radius 3 is 2.74 bits per heavy atom. The summed E-state index contributed by atoms with van der Waals surface area (Å²) in [4.78, 5) is 23.6. The van der Waals surface area contributed by atoms with Gasteiger partial charge in [-0.05, 0) is 5.56 Å². The number of carbonyl (C=O) groups is 1. The second-order valence-corrected chi connectivity index (χ2v) is 6.58. The monoisotopic (exact) mass is 324 g/mol. The first-order chi connectivity index (χ1) is 11.3. The Bertz CT molecular complexity index is 833. The smallest absolute Gasteiger partial charge is 0.276 e. The average Bonchev–Trinajstić information content (AvgIpc) is 3.10. The number of aromatic nitrogens is 3. The van der Waals surface area contributed by atoms with Crippen molar-refractivity contribution in [1.82, 2.24) is 19.3 Å². The highest BCUT2D eigenvalue weighted by Crippen LogP contribution is 2.30. The Morgan fingerprint density at radius 2 is 1.91 bits per heavy atom. The van der Waals surface area contributed by atoms with Crippen molar-refractivity contribution in [2.75, 3.05) is 18.1 Å². The molecule has 0 N–H and O–H groups in total. The second-order valence-electron chi connectivity index (χ2n) is 5.43. The van der Waals surface area contributed by atoms with Gasteiger partial charge in [0.15, 0.2) is 11.3 Å². The Balaban J connectivity index is 1.72. The van der Waals surface area contributed by atoms with Crippen molar-refractivity contribution in [2.24, 2.45) is 0 Å². The van der Waals surface area contributed by atoms with Gasteiger partial charge in [0.1, 0.15) is 0 Å². The Kier molecular flexibility index (Phi) is 3.75. The number of rotatable bonds is 2. The third-order valence-electron chi connectivity index (χ3n) is 4.09. The third-order valence-corrected chi connectivity index (χ3v) is 5.11. The molecular formula is C17H16N4OS. The van der Waals surface area contributed by atoms with Gasteiger partial charge in [-0.1, -0.05) is 30.3 Å². The molecule has 4 rings (SSSR count). The summed E-state index contributed by atoms with van der Waals surface area (Å²) in [6.45, 7) is 0.729. The number of thioether (sulfide) groups is 1. The first-order valence-corrected chi connectivity index (χ1v) is 8.71. The quantitative estimate of drug-likeness (QED) is 0.727. The number of benzene rings is 1. The van der Waals surface area contributed by atoms with Crippen LogP contribution in [0.15, 0.2) is 55.1 Å². The molecule has 2 aromatic heterocycles. The molecule has 3 aromatic rings. The highest BCUT2D eigenvalue weighted by atomic mass is 32.2. The summed E-state index contributed by atoms with van der Waals surface area (Å²) >= 11 is 1.88. The number of fused-ring (bicyclic) bond motifs is 1. The molecule has 3 heterocycles. The lowest BCUT2D eigenvalue weighted by Gasteiger charge is -2.35. The summed E-state index contributed by atoms with van der Waals surface area (Å²) in [5, 5.41) is 0. The fourth-order valence-corrected chi connectivity index (χ4v) is 4.03. The van der Waals surface area contributed by atoms with Crippen LogP contribution in [0.1, 0.15) is 22.1 Å². The molecule has 0 aliphatic carbocycles. The molecule has 1 saturated heterocycles. The molecule has 1 fully saturated rings. The van der Waals surface area contributed by atoms with Gasteiger partial charge in [0, 0.05) is 42.8 Å². The van der Waals surface area contributed by atoms with E-state index in [2.05, 4.69) is 22.1 Å². The highest BCUT2D eigenvalue weighted by Gasteiger charge is 2.30. The lowest BCUT2D eigenvalue weighted by atomic mass is 10.1. The fourth-order valence-electron chi connectivity index (χ4n) is 2.94. The lowest BCUT2D eigenvalue weighted by Crippen LogP contribution is -2.41. The number of imidazole rings is 1. The van der Waals surface area contributed by atoms with Crippen LogP contribution in [0.5, 0.6) is 0 Å². The van der Waals surface area contributed by atoms with E-state index in [-0.39, 0.29) is 11.9 Å². The van der Waals surface area contributed by atoms with E-state index in [9.17, 15) is 4.79 Å². The second kappa shape index (κ2) is 6.04. The zero-order valence-electron chi connectivity index (χ0n) is 12.5. The third kappa shape index (κ3) is 2.59. The molecule has 116 valence electrons. The standard InChI is InChI=1S/C17H16N4OS/c22-17(15-16-19-7-9-20(16)8-6-18-15)21-10-11-23-12-14(21)13-4-2-1-3-5-13/h1-9,14H,10-12H2. The molecule has 1 aliphatic rings. The van der Waals surface area contributed by atoms with E-state index in [4.69, 9.17) is 0 Å². The van der Waals surface area contributed by atoms with E-state index >= 15 is 0 Å². The largest absolute Gasteiger partial charge is 0.328 e. The Labute approximate surface area is 138 Å². The van der Waals surface area contributed by atoms with Gasteiger partial charge in [-0.15, -0.1) is 0 Å². The number of carbonyl (C=O) groups excluding carboxylic acids is 1. The summed E-state index contributed by atoms with van der Waals surface area (Å²) in [6.07, 6.45) is 6.97. The van der Waals surface area contributed by atoms with Gasteiger partial charge in [-0.3, -0.25) is 4.79 Å². The average molecular weight is 324 g/mol. The SMILES string of the molecule is O=C(c1nccn2ccnc12)N1CCSCC1c1ccccc1. The summed E-state index contributed by atoms with van der Waals surface area (Å²) < 4.78 is 1.83. The molecule has 1 atom stereocenters. The molecule has 1 amide bonds. The van der Waals surface area contributed by atoms with Gasteiger partial charge >= 0.3 is 0 Å². The van der Waals surface area contributed by atoms with Crippen molar-refractivity contribution in [1.29, 1.82) is 0 Å². The normalized spacial score (nSPS) is 18.3. The zero-order valence-corrected chi connectivity index (χ0v) is 13.3. The molecule has 0 radical (unpaired) electrons. The summed E-state index contributed by atoms with van der Waals surface area (Å²) in [6, 6.07) is 10.3. The van der Waals surface area contributed by atoms with Crippen LogP contribution >= 0.6 is 11.8 Å². The zero-order chi connectivity index (χ0) is 15.6. The molecular weight excluding hydrogens is 308 g/mol. The van der Waals surface area contributed by atoms with Crippen LogP contribution < -0.4 is 0 Å². The minimum atomic E-state index is -0.0454. The Hall–Kier alpha value is -2.34. The number of hydrogen-bond acceptors (Lipinski definition) is 4. The minimum absolute atomic E-state index is 0.0454. The van der Waals surface area contributed by atoms with Crippen molar-refractivity contribution in [2.45, 2.75) is 6.04 Å². The predicted molar refractivity (Wildman–Crippen MR) is 90.5 cm³/mol. The molecule has 0 spiro atoms. The van der Waals surface area contributed by atoms with E-state index in [1.54, 1.807) is 18.6 Å².